The van der Waals surface area contributed by atoms with Gasteiger partial charge in [-0.2, -0.15) is 5.26 Å². The van der Waals surface area contributed by atoms with Crippen molar-refractivity contribution in [1.82, 2.24) is 4.98 Å². The molecule has 3 rings (SSSR count). The van der Waals surface area contributed by atoms with E-state index < -0.39 is 0 Å². The number of phenolic OH excluding ortho intramolecular Hbond substituents is 1. The number of benzene rings is 2. The van der Waals surface area contributed by atoms with E-state index in [1.807, 2.05) is 18.2 Å². The van der Waals surface area contributed by atoms with Crippen LogP contribution in [0, 0.1) is 11.3 Å². The first-order valence-electron chi connectivity index (χ1n) is 6.56. The molecule has 0 saturated carbocycles. The Bertz CT molecular complexity index is 871. The number of oxazole rings is 1. The number of nitriles is 1. The minimum Gasteiger partial charge on any atom is -0.504 e. The van der Waals surface area contributed by atoms with Crippen molar-refractivity contribution in [3.05, 3.63) is 53.9 Å². The maximum atomic E-state index is 9.60. The number of hydrogen-bond donors (Lipinski definition) is 1. The molecular formula is C17H12N2O3. The number of ether oxygens (including phenoxy) is 1. The number of fused-ring (bicyclic) bond motifs is 1. The quantitative estimate of drug-likeness (QED) is 0.746. The Morgan fingerprint density at radius 1 is 1.32 bits per heavy atom. The molecule has 5 heteroatoms. The Morgan fingerprint density at radius 2 is 2.14 bits per heavy atom. The van der Waals surface area contributed by atoms with Gasteiger partial charge in [0.05, 0.1) is 7.11 Å². The highest BCUT2D eigenvalue weighted by Crippen LogP contribution is 2.28. The number of allylic oxidation sites excluding steroid dienone is 1. The Morgan fingerprint density at radius 3 is 2.86 bits per heavy atom. The number of methoxy groups -OCH3 is 1. The number of nitrogens with zero attached hydrogens (tertiary/aromatic N) is 2. The molecule has 0 amide bonds. The summed E-state index contributed by atoms with van der Waals surface area (Å²) < 4.78 is 10.6. The lowest BCUT2D eigenvalue weighted by atomic mass is 10.1. The van der Waals surface area contributed by atoms with Crippen LogP contribution in [-0.2, 0) is 0 Å². The van der Waals surface area contributed by atoms with Gasteiger partial charge in [0.15, 0.2) is 17.1 Å². The van der Waals surface area contributed by atoms with Crippen molar-refractivity contribution in [3.8, 4) is 17.6 Å². The van der Waals surface area contributed by atoms with Gasteiger partial charge in [0, 0.05) is 0 Å². The molecule has 1 heterocycles. The van der Waals surface area contributed by atoms with Crippen molar-refractivity contribution < 1.29 is 14.3 Å². The normalized spacial score (nSPS) is 11.4. The molecule has 0 radical (unpaired) electrons. The van der Waals surface area contributed by atoms with Crippen LogP contribution in [0.3, 0.4) is 0 Å². The lowest BCUT2D eigenvalue weighted by Gasteiger charge is -2.03. The highest BCUT2D eigenvalue weighted by molar-refractivity contribution is 5.89. The largest absolute Gasteiger partial charge is 0.504 e. The van der Waals surface area contributed by atoms with Gasteiger partial charge in [0.25, 0.3) is 0 Å². The van der Waals surface area contributed by atoms with E-state index in [1.165, 1.54) is 13.2 Å². The Kier molecular flexibility index (Phi) is 3.50. The van der Waals surface area contributed by atoms with Gasteiger partial charge in [-0.25, -0.2) is 4.98 Å². The summed E-state index contributed by atoms with van der Waals surface area (Å²) in [5.74, 6) is 0.638. The van der Waals surface area contributed by atoms with E-state index in [1.54, 1.807) is 24.3 Å². The molecule has 0 spiro atoms. The van der Waals surface area contributed by atoms with Gasteiger partial charge in [-0.15, -0.1) is 0 Å². The van der Waals surface area contributed by atoms with Crippen LogP contribution in [0.5, 0.6) is 11.5 Å². The summed E-state index contributed by atoms with van der Waals surface area (Å²) in [5.41, 5.74) is 2.32. The van der Waals surface area contributed by atoms with Gasteiger partial charge in [0.2, 0.25) is 5.89 Å². The molecule has 0 unspecified atom stereocenters. The monoisotopic (exact) mass is 292 g/mol. The van der Waals surface area contributed by atoms with E-state index in [0.29, 0.717) is 28.0 Å². The Balaban J connectivity index is 2.05. The predicted molar refractivity (Wildman–Crippen MR) is 82.2 cm³/mol. The predicted octanol–water partition coefficient (Wildman–Crippen LogP) is 3.61. The van der Waals surface area contributed by atoms with Gasteiger partial charge in [-0.3, -0.25) is 0 Å². The number of hydrogen-bond acceptors (Lipinski definition) is 5. The first-order valence-corrected chi connectivity index (χ1v) is 6.56. The van der Waals surface area contributed by atoms with Crippen LogP contribution in [0.2, 0.25) is 0 Å². The van der Waals surface area contributed by atoms with Crippen LogP contribution in [0.1, 0.15) is 11.5 Å². The van der Waals surface area contributed by atoms with E-state index >= 15 is 0 Å². The average Bonchev–Trinajstić information content (AvgIpc) is 2.97. The molecule has 0 saturated heterocycles. The fraction of sp³-hybridized carbons (Fsp3) is 0.0588. The van der Waals surface area contributed by atoms with Crippen molar-refractivity contribution in [1.29, 1.82) is 5.26 Å². The second-order valence-electron chi connectivity index (χ2n) is 4.59. The van der Waals surface area contributed by atoms with E-state index in [0.717, 1.165) is 0 Å². The third kappa shape index (κ3) is 2.50. The summed E-state index contributed by atoms with van der Waals surface area (Å²) in [6.07, 6.45) is 1.63. The SMILES string of the molecule is COc1cc(/C=C(/C#N)c2nc3ccccc3o2)ccc1O. The van der Waals surface area contributed by atoms with Gasteiger partial charge >= 0.3 is 0 Å². The lowest BCUT2D eigenvalue weighted by molar-refractivity contribution is 0.373. The zero-order valence-electron chi connectivity index (χ0n) is 11.8. The number of aromatic hydroxyl groups is 1. The van der Waals surface area contributed by atoms with Crippen molar-refractivity contribution >= 4 is 22.7 Å². The highest BCUT2D eigenvalue weighted by Gasteiger charge is 2.11. The molecule has 3 aromatic rings. The molecule has 108 valence electrons. The van der Waals surface area contributed by atoms with Crippen LogP contribution in [0.25, 0.3) is 22.7 Å². The zero-order chi connectivity index (χ0) is 15.5. The molecule has 0 atom stereocenters. The Labute approximate surface area is 126 Å². The number of aromatic nitrogens is 1. The third-order valence-corrected chi connectivity index (χ3v) is 3.16. The van der Waals surface area contributed by atoms with Crippen LogP contribution in [-0.4, -0.2) is 17.2 Å². The molecule has 1 N–H and O–H groups in total. The molecule has 0 aliphatic heterocycles. The smallest absolute Gasteiger partial charge is 0.238 e. The van der Waals surface area contributed by atoms with Gasteiger partial charge < -0.3 is 14.3 Å². The van der Waals surface area contributed by atoms with E-state index in [9.17, 15) is 10.4 Å². The molecule has 5 nitrogen and oxygen atoms in total. The van der Waals surface area contributed by atoms with Crippen LogP contribution < -0.4 is 4.74 Å². The minimum absolute atomic E-state index is 0.0417. The fourth-order valence-electron chi connectivity index (χ4n) is 2.08. The summed E-state index contributed by atoms with van der Waals surface area (Å²) in [7, 11) is 1.47. The van der Waals surface area contributed by atoms with Crippen molar-refractivity contribution in [2.24, 2.45) is 0 Å². The standard InChI is InChI=1S/C17H12N2O3/c1-21-16-9-11(6-7-14(16)20)8-12(10-18)17-19-13-4-2-3-5-15(13)22-17/h2-9,20H,1H3/b12-8-. The van der Waals surface area contributed by atoms with Crippen molar-refractivity contribution in [3.63, 3.8) is 0 Å². The first-order chi connectivity index (χ1) is 10.7. The van der Waals surface area contributed by atoms with Crippen LogP contribution >= 0.6 is 0 Å². The first kappa shape index (κ1) is 13.7. The second kappa shape index (κ2) is 5.62. The van der Waals surface area contributed by atoms with Crippen LogP contribution in [0.15, 0.2) is 46.9 Å². The number of para-hydroxylation sites is 2. The Hall–Kier alpha value is -3.26. The molecule has 1 aromatic heterocycles. The maximum Gasteiger partial charge on any atom is 0.238 e. The summed E-state index contributed by atoms with van der Waals surface area (Å²) >= 11 is 0. The van der Waals surface area contributed by atoms with Gasteiger partial charge in [-0.1, -0.05) is 18.2 Å². The molecule has 2 aromatic carbocycles. The maximum absolute atomic E-state index is 9.60. The summed E-state index contributed by atoms with van der Waals surface area (Å²) in [5, 5.41) is 18.9. The molecule has 22 heavy (non-hydrogen) atoms. The zero-order valence-corrected chi connectivity index (χ0v) is 11.8. The fourth-order valence-corrected chi connectivity index (χ4v) is 2.08. The minimum atomic E-state index is 0.0417. The van der Waals surface area contributed by atoms with E-state index in [2.05, 4.69) is 11.1 Å². The van der Waals surface area contributed by atoms with E-state index in [4.69, 9.17) is 9.15 Å². The molecule has 0 aliphatic rings. The van der Waals surface area contributed by atoms with Crippen molar-refractivity contribution in [2.45, 2.75) is 0 Å². The summed E-state index contributed by atoms with van der Waals surface area (Å²) in [6, 6.07) is 14.2. The molecule has 0 aliphatic carbocycles. The van der Waals surface area contributed by atoms with Gasteiger partial charge in [-0.05, 0) is 35.9 Å². The second-order valence-corrected chi connectivity index (χ2v) is 4.59. The van der Waals surface area contributed by atoms with Gasteiger partial charge in [0.1, 0.15) is 17.2 Å². The average molecular weight is 292 g/mol. The van der Waals surface area contributed by atoms with Crippen molar-refractivity contribution in [2.75, 3.05) is 7.11 Å². The molecular weight excluding hydrogens is 280 g/mol. The topological polar surface area (TPSA) is 79.3 Å². The lowest BCUT2D eigenvalue weighted by Crippen LogP contribution is -1.86. The third-order valence-electron chi connectivity index (χ3n) is 3.16. The number of rotatable bonds is 3. The van der Waals surface area contributed by atoms with E-state index in [-0.39, 0.29) is 11.6 Å². The summed E-state index contributed by atoms with van der Waals surface area (Å²) in [4.78, 5) is 4.30. The molecule has 0 fully saturated rings. The summed E-state index contributed by atoms with van der Waals surface area (Å²) in [6.45, 7) is 0. The highest BCUT2D eigenvalue weighted by atomic mass is 16.5. The van der Waals surface area contributed by atoms with Crippen LogP contribution in [0.4, 0.5) is 0 Å². The number of phenols is 1. The molecule has 0 bridgehead atoms.